The number of anilines is 3. The van der Waals surface area contributed by atoms with Gasteiger partial charge in [-0.1, -0.05) is 167 Å². The Morgan fingerprint density at radius 3 is 1.81 bits per heavy atom. The van der Waals surface area contributed by atoms with E-state index in [1.54, 1.807) is 0 Å². The number of nitrogens with zero attached hydrogens (tertiary/aromatic N) is 3. The molecular weight excluding hydrogens is 643 g/mol. The number of para-hydroxylation sites is 1. The maximum absolute atomic E-state index is 5.53. The molecule has 53 heavy (non-hydrogen) atoms. The minimum atomic E-state index is -0.156. The molecule has 1 heterocycles. The van der Waals surface area contributed by atoms with Crippen molar-refractivity contribution in [3.05, 3.63) is 186 Å². The van der Waals surface area contributed by atoms with Gasteiger partial charge in [-0.3, -0.25) is 4.90 Å². The summed E-state index contributed by atoms with van der Waals surface area (Å²) in [7, 11) is 0. The summed E-state index contributed by atoms with van der Waals surface area (Å²) in [5.41, 5.74) is 17.5. The van der Waals surface area contributed by atoms with E-state index in [0.717, 1.165) is 33.5 Å². The van der Waals surface area contributed by atoms with Crippen LogP contribution < -0.4 is 4.90 Å². The van der Waals surface area contributed by atoms with E-state index >= 15 is 0 Å². The van der Waals surface area contributed by atoms with Gasteiger partial charge in [-0.05, 0) is 74.3 Å². The average molecular weight is 682 g/mol. The van der Waals surface area contributed by atoms with E-state index in [0.29, 0.717) is 5.95 Å². The molecule has 254 valence electrons. The summed E-state index contributed by atoms with van der Waals surface area (Å²) in [6.07, 6.45) is 0. The highest BCUT2D eigenvalue weighted by Gasteiger charge is 2.39. The van der Waals surface area contributed by atoms with Crippen molar-refractivity contribution in [3.63, 3.8) is 0 Å². The molecule has 0 spiro atoms. The Morgan fingerprint density at radius 2 is 1.02 bits per heavy atom. The standard InChI is InChI=1S/C50H39N3/c1-49(2)41-21-12-9-18-38(41)46-42(49)22-14-24-45(46)53(35-29-30-37-36-17-8-11-20-40(36)50(3,4)43(37)31-35)48-51-44-23-13-10-19-39(44)47(52-48)34-27-25-33(26-28-34)32-15-6-5-7-16-32/h5-31H,1-4H3. The fourth-order valence-electron chi connectivity index (χ4n) is 8.95. The molecule has 0 amide bonds. The van der Waals surface area contributed by atoms with Gasteiger partial charge in [0.05, 0.1) is 16.9 Å². The first kappa shape index (κ1) is 31.4. The summed E-state index contributed by atoms with van der Waals surface area (Å²) >= 11 is 0. The Labute approximate surface area is 311 Å². The number of fused-ring (bicyclic) bond motifs is 7. The van der Waals surface area contributed by atoms with Crippen molar-refractivity contribution in [2.24, 2.45) is 0 Å². The summed E-state index contributed by atoms with van der Waals surface area (Å²) in [4.78, 5) is 13.2. The average Bonchev–Trinajstić information content (AvgIpc) is 3.58. The Kier molecular flexibility index (Phi) is 6.87. The Morgan fingerprint density at radius 1 is 0.434 bits per heavy atom. The molecule has 0 saturated carbocycles. The minimum Gasteiger partial charge on any atom is -0.278 e. The molecule has 0 N–H and O–H groups in total. The van der Waals surface area contributed by atoms with E-state index in [4.69, 9.17) is 9.97 Å². The molecule has 1 aromatic heterocycles. The van der Waals surface area contributed by atoms with Crippen LogP contribution >= 0.6 is 0 Å². The van der Waals surface area contributed by atoms with Crippen molar-refractivity contribution < 1.29 is 0 Å². The first-order valence-corrected chi connectivity index (χ1v) is 18.5. The zero-order valence-corrected chi connectivity index (χ0v) is 30.4. The van der Waals surface area contributed by atoms with Gasteiger partial charge in [0.25, 0.3) is 0 Å². The van der Waals surface area contributed by atoms with Crippen LogP contribution in [0.1, 0.15) is 49.9 Å². The summed E-state index contributed by atoms with van der Waals surface area (Å²) in [5, 5.41) is 1.03. The predicted molar refractivity (Wildman–Crippen MR) is 220 cm³/mol. The van der Waals surface area contributed by atoms with Gasteiger partial charge < -0.3 is 0 Å². The lowest BCUT2D eigenvalue weighted by Gasteiger charge is -2.29. The van der Waals surface area contributed by atoms with E-state index in [1.165, 1.54) is 55.6 Å². The van der Waals surface area contributed by atoms with Crippen molar-refractivity contribution in [1.29, 1.82) is 0 Å². The lowest BCUT2D eigenvalue weighted by atomic mass is 9.82. The molecule has 3 heteroatoms. The molecule has 0 atom stereocenters. The number of rotatable bonds is 5. The maximum atomic E-state index is 5.53. The number of hydrogen-bond acceptors (Lipinski definition) is 3. The molecule has 8 aromatic rings. The van der Waals surface area contributed by atoms with E-state index in [9.17, 15) is 0 Å². The molecule has 0 unspecified atom stereocenters. The smallest absolute Gasteiger partial charge is 0.235 e. The predicted octanol–water partition coefficient (Wildman–Crippen LogP) is 13.0. The number of aromatic nitrogens is 2. The van der Waals surface area contributed by atoms with Crippen molar-refractivity contribution in [3.8, 4) is 44.6 Å². The van der Waals surface area contributed by atoms with Crippen molar-refractivity contribution >= 4 is 28.2 Å². The highest BCUT2D eigenvalue weighted by Crippen LogP contribution is 2.55. The fraction of sp³-hybridized carbons (Fsp3) is 0.120. The van der Waals surface area contributed by atoms with Crippen LogP contribution in [0.3, 0.4) is 0 Å². The maximum Gasteiger partial charge on any atom is 0.235 e. The summed E-state index contributed by atoms with van der Waals surface area (Å²) < 4.78 is 0. The lowest BCUT2D eigenvalue weighted by Crippen LogP contribution is -2.19. The van der Waals surface area contributed by atoms with Crippen molar-refractivity contribution in [2.45, 2.75) is 38.5 Å². The topological polar surface area (TPSA) is 29.0 Å². The van der Waals surface area contributed by atoms with E-state index in [-0.39, 0.29) is 10.8 Å². The molecule has 7 aromatic carbocycles. The van der Waals surface area contributed by atoms with E-state index in [2.05, 4.69) is 196 Å². The second kappa shape index (κ2) is 11.6. The third kappa shape index (κ3) is 4.73. The Balaban J connectivity index is 1.23. The number of hydrogen-bond donors (Lipinski definition) is 0. The minimum absolute atomic E-state index is 0.148. The van der Waals surface area contributed by atoms with Crippen LogP contribution in [-0.2, 0) is 10.8 Å². The molecular formula is C50H39N3. The Bertz CT molecular complexity index is 2720. The van der Waals surface area contributed by atoms with E-state index < -0.39 is 0 Å². The van der Waals surface area contributed by atoms with Crippen molar-refractivity contribution in [2.75, 3.05) is 4.90 Å². The van der Waals surface area contributed by atoms with Crippen LogP contribution in [0.15, 0.2) is 164 Å². The second-order valence-corrected chi connectivity index (χ2v) is 15.4. The highest BCUT2D eigenvalue weighted by atomic mass is 15.3. The second-order valence-electron chi connectivity index (χ2n) is 15.4. The zero-order chi connectivity index (χ0) is 35.9. The lowest BCUT2D eigenvalue weighted by molar-refractivity contribution is 0.660. The van der Waals surface area contributed by atoms with Crippen LogP contribution in [0.5, 0.6) is 0 Å². The first-order chi connectivity index (χ1) is 25.8. The van der Waals surface area contributed by atoms with Crippen LogP contribution in [-0.4, -0.2) is 9.97 Å². The zero-order valence-electron chi connectivity index (χ0n) is 30.4. The molecule has 2 aliphatic rings. The normalized spacial score (nSPS) is 14.3. The summed E-state index contributed by atoms with van der Waals surface area (Å²) in [6, 6.07) is 59.1. The monoisotopic (exact) mass is 681 g/mol. The Hall–Kier alpha value is -6.32. The molecule has 2 aliphatic carbocycles. The van der Waals surface area contributed by atoms with Crippen molar-refractivity contribution in [1.82, 2.24) is 9.97 Å². The largest absolute Gasteiger partial charge is 0.278 e. The molecule has 0 aliphatic heterocycles. The SMILES string of the molecule is CC1(C)c2ccccc2-c2ccc(N(c3nc(-c4ccc(-c5ccccc5)cc4)c4ccccc4n3)c3cccc4c3-c3ccccc3C4(C)C)cc21. The van der Waals surface area contributed by atoms with Gasteiger partial charge in [-0.25, -0.2) is 9.97 Å². The first-order valence-electron chi connectivity index (χ1n) is 18.5. The number of benzene rings is 7. The third-order valence-corrected chi connectivity index (χ3v) is 11.7. The molecule has 3 nitrogen and oxygen atoms in total. The van der Waals surface area contributed by atoms with Crippen LogP contribution in [0.2, 0.25) is 0 Å². The summed E-state index contributed by atoms with van der Waals surface area (Å²) in [6.45, 7) is 9.36. The molecule has 0 bridgehead atoms. The van der Waals surface area contributed by atoms with Crippen LogP contribution in [0, 0.1) is 0 Å². The van der Waals surface area contributed by atoms with Crippen LogP contribution in [0.4, 0.5) is 17.3 Å². The fourth-order valence-corrected chi connectivity index (χ4v) is 8.95. The van der Waals surface area contributed by atoms with Gasteiger partial charge in [0.15, 0.2) is 0 Å². The quantitative estimate of drug-likeness (QED) is 0.181. The van der Waals surface area contributed by atoms with Crippen LogP contribution in [0.25, 0.3) is 55.5 Å². The van der Waals surface area contributed by atoms with Gasteiger partial charge in [0.2, 0.25) is 5.95 Å². The van der Waals surface area contributed by atoms with Gasteiger partial charge in [0, 0.05) is 33.0 Å². The van der Waals surface area contributed by atoms with Gasteiger partial charge in [0.1, 0.15) is 0 Å². The third-order valence-electron chi connectivity index (χ3n) is 11.7. The summed E-state index contributed by atoms with van der Waals surface area (Å²) in [5.74, 6) is 0.648. The molecule has 0 saturated heterocycles. The van der Waals surface area contributed by atoms with Gasteiger partial charge >= 0.3 is 0 Å². The van der Waals surface area contributed by atoms with Gasteiger partial charge in [-0.2, -0.15) is 0 Å². The highest BCUT2D eigenvalue weighted by molar-refractivity contribution is 5.98. The molecule has 0 fully saturated rings. The van der Waals surface area contributed by atoms with E-state index in [1.807, 2.05) is 0 Å². The molecule has 0 radical (unpaired) electrons. The van der Waals surface area contributed by atoms with Gasteiger partial charge in [-0.15, -0.1) is 0 Å². The molecule has 10 rings (SSSR count).